The first-order valence-corrected chi connectivity index (χ1v) is 9.52. The second-order valence-electron chi connectivity index (χ2n) is 4.77. The molecule has 0 aliphatic carbocycles. The Balaban J connectivity index is 0. The van der Waals surface area contributed by atoms with Gasteiger partial charge in [0.25, 0.3) is 0 Å². The molecule has 0 radical (unpaired) electrons. The highest BCUT2D eigenvalue weighted by atomic mass is 79.9. The van der Waals surface area contributed by atoms with Crippen LogP contribution in [-0.2, 0) is 14.3 Å². The molecule has 6 nitrogen and oxygen atoms in total. The van der Waals surface area contributed by atoms with Crippen molar-refractivity contribution in [2.75, 3.05) is 7.11 Å². The summed E-state index contributed by atoms with van der Waals surface area (Å²) in [5.41, 5.74) is 0.903. The molecule has 2 aromatic carbocycles. The maximum atomic E-state index is 10.9. The zero-order valence-corrected chi connectivity index (χ0v) is 18.3. The van der Waals surface area contributed by atoms with Gasteiger partial charge in [0.15, 0.2) is 12.2 Å². The van der Waals surface area contributed by atoms with E-state index in [0.29, 0.717) is 11.1 Å². The third-order valence-corrected chi connectivity index (χ3v) is 4.09. The molecule has 0 fully saturated rings. The number of carboxylic acid groups (broad SMARTS) is 1. The Morgan fingerprint density at radius 1 is 0.821 bits per heavy atom. The van der Waals surface area contributed by atoms with Crippen LogP contribution in [0.3, 0.4) is 0 Å². The molecular formula is C20H26Br2O6. The van der Waals surface area contributed by atoms with Crippen LogP contribution in [0.1, 0.15) is 44.6 Å². The van der Waals surface area contributed by atoms with Gasteiger partial charge in [0.1, 0.15) is 0 Å². The van der Waals surface area contributed by atoms with Gasteiger partial charge in [-0.25, -0.2) is 9.59 Å². The van der Waals surface area contributed by atoms with Crippen LogP contribution < -0.4 is 0 Å². The molecule has 0 amide bonds. The molecule has 0 aliphatic rings. The van der Waals surface area contributed by atoms with E-state index in [-0.39, 0.29) is 7.43 Å². The number of methoxy groups -OCH3 is 1. The minimum absolute atomic E-state index is 0. The minimum atomic E-state index is -1.43. The van der Waals surface area contributed by atoms with E-state index in [2.05, 4.69) is 36.6 Å². The molecule has 8 heteroatoms. The molecule has 0 saturated carbocycles. The SMILES string of the molecule is C.CC.COC(=O)C(O)c1ccc(Br)cc1.O=C(O)C(O)c1ccc(Br)cc1. The van der Waals surface area contributed by atoms with Crippen molar-refractivity contribution in [3.05, 3.63) is 68.6 Å². The van der Waals surface area contributed by atoms with E-state index in [1.807, 2.05) is 13.8 Å². The van der Waals surface area contributed by atoms with E-state index >= 15 is 0 Å². The molecular weight excluding hydrogens is 496 g/mol. The van der Waals surface area contributed by atoms with Crippen molar-refractivity contribution in [1.29, 1.82) is 0 Å². The molecule has 0 heterocycles. The smallest absolute Gasteiger partial charge is 0.339 e. The number of aliphatic hydroxyl groups is 2. The van der Waals surface area contributed by atoms with E-state index in [1.54, 1.807) is 48.5 Å². The number of benzene rings is 2. The molecule has 2 rings (SSSR count). The fourth-order valence-electron chi connectivity index (χ4n) is 1.68. The number of carbonyl (C=O) groups excluding carboxylic acids is 1. The quantitative estimate of drug-likeness (QED) is 0.495. The van der Waals surface area contributed by atoms with Gasteiger partial charge in [0, 0.05) is 8.95 Å². The average Bonchev–Trinajstić information content (AvgIpc) is 2.69. The van der Waals surface area contributed by atoms with Gasteiger partial charge >= 0.3 is 11.9 Å². The molecule has 28 heavy (non-hydrogen) atoms. The number of hydrogen-bond acceptors (Lipinski definition) is 5. The summed E-state index contributed by atoms with van der Waals surface area (Å²) < 4.78 is 6.14. The summed E-state index contributed by atoms with van der Waals surface area (Å²) in [5, 5.41) is 26.9. The lowest BCUT2D eigenvalue weighted by Gasteiger charge is -2.07. The number of ether oxygens (including phenoxy) is 1. The molecule has 156 valence electrons. The van der Waals surface area contributed by atoms with Crippen LogP contribution in [0.15, 0.2) is 57.5 Å². The Labute approximate surface area is 182 Å². The highest BCUT2D eigenvalue weighted by Gasteiger charge is 2.17. The van der Waals surface area contributed by atoms with Crippen molar-refractivity contribution in [2.45, 2.75) is 33.5 Å². The fraction of sp³-hybridized carbons (Fsp3) is 0.300. The number of carboxylic acids is 1. The van der Waals surface area contributed by atoms with E-state index in [0.717, 1.165) is 8.95 Å². The van der Waals surface area contributed by atoms with Gasteiger partial charge in [-0.15, -0.1) is 0 Å². The summed E-state index contributed by atoms with van der Waals surface area (Å²) in [6, 6.07) is 13.3. The number of aliphatic carboxylic acids is 1. The second kappa shape index (κ2) is 15.2. The van der Waals surface area contributed by atoms with Gasteiger partial charge < -0.3 is 20.1 Å². The molecule has 0 saturated heterocycles. The first-order valence-electron chi connectivity index (χ1n) is 7.94. The molecule has 0 aromatic heterocycles. The Kier molecular flexibility index (Phi) is 15.5. The Hall–Kier alpha value is -1.74. The lowest BCUT2D eigenvalue weighted by Crippen LogP contribution is -2.13. The first kappa shape index (κ1) is 28.5. The predicted octanol–water partition coefficient (Wildman–Crippen LogP) is 4.88. The molecule has 0 bridgehead atoms. The topological polar surface area (TPSA) is 104 Å². The first-order chi connectivity index (χ1) is 12.8. The zero-order chi connectivity index (χ0) is 21.0. The number of rotatable bonds is 4. The van der Waals surface area contributed by atoms with Crippen molar-refractivity contribution >= 4 is 43.8 Å². The maximum Gasteiger partial charge on any atom is 0.339 e. The van der Waals surface area contributed by atoms with E-state index in [9.17, 15) is 14.7 Å². The van der Waals surface area contributed by atoms with Gasteiger partial charge in [-0.05, 0) is 35.4 Å². The van der Waals surface area contributed by atoms with E-state index in [1.165, 1.54) is 7.11 Å². The predicted molar refractivity (Wildman–Crippen MR) is 116 cm³/mol. The van der Waals surface area contributed by atoms with E-state index in [4.69, 9.17) is 10.2 Å². The van der Waals surface area contributed by atoms with Crippen LogP contribution in [0.5, 0.6) is 0 Å². The number of halogens is 2. The summed E-state index contributed by atoms with van der Waals surface area (Å²) in [4.78, 5) is 21.2. The summed E-state index contributed by atoms with van der Waals surface area (Å²) in [5.74, 6) is -1.89. The molecule has 0 spiro atoms. The number of hydrogen-bond donors (Lipinski definition) is 3. The second-order valence-corrected chi connectivity index (χ2v) is 6.60. The van der Waals surface area contributed by atoms with Gasteiger partial charge in [-0.2, -0.15) is 0 Å². The Morgan fingerprint density at radius 2 is 1.14 bits per heavy atom. The van der Waals surface area contributed by atoms with Crippen LogP contribution in [-0.4, -0.2) is 34.4 Å². The van der Waals surface area contributed by atoms with Crippen molar-refractivity contribution in [3.63, 3.8) is 0 Å². The highest BCUT2D eigenvalue weighted by molar-refractivity contribution is 9.10. The summed E-state index contributed by atoms with van der Waals surface area (Å²) in [6.45, 7) is 4.00. The molecule has 2 unspecified atom stereocenters. The summed E-state index contributed by atoms with van der Waals surface area (Å²) >= 11 is 6.45. The minimum Gasteiger partial charge on any atom is -0.479 e. The number of carbonyl (C=O) groups is 2. The van der Waals surface area contributed by atoms with Crippen LogP contribution >= 0.6 is 31.9 Å². The van der Waals surface area contributed by atoms with Crippen molar-refractivity contribution in [1.82, 2.24) is 0 Å². The summed E-state index contributed by atoms with van der Waals surface area (Å²) in [7, 11) is 1.24. The molecule has 2 aromatic rings. The number of esters is 1. The normalized spacial score (nSPS) is 11.2. The third-order valence-electron chi connectivity index (χ3n) is 3.03. The van der Waals surface area contributed by atoms with Gasteiger partial charge in [-0.1, -0.05) is 77.4 Å². The standard InChI is InChI=1S/C9H9BrO3.C8H7BrO3.C2H6.CH4/c1-13-9(12)8(11)6-2-4-7(10)5-3-6;9-6-3-1-5(2-4-6)7(10)8(11)12;1-2;/h2-5,8,11H,1H3;1-4,7,10H,(H,11,12);1-2H3;1H4. The number of aliphatic hydroxyl groups excluding tert-OH is 2. The Bertz CT molecular complexity index is 702. The molecule has 2 atom stereocenters. The highest BCUT2D eigenvalue weighted by Crippen LogP contribution is 2.18. The lowest BCUT2D eigenvalue weighted by molar-refractivity contribution is -0.150. The average molecular weight is 522 g/mol. The summed E-state index contributed by atoms with van der Waals surface area (Å²) in [6.07, 6.45) is -2.63. The fourth-order valence-corrected chi connectivity index (χ4v) is 2.21. The van der Waals surface area contributed by atoms with Crippen molar-refractivity contribution in [3.8, 4) is 0 Å². The maximum absolute atomic E-state index is 10.9. The van der Waals surface area contributed by atoms with Crippen molar-refractivity contribution in [2.24, 2.45) is 0 Å². The zero-order valence-electron chi connectivity index (χ0n) is 15.1. The van der Waals surface area contributed by atoms with Crippen LogP contribution in [0.25, 0.3) is 0 Å². The third kappa shape index (κ3) is 9.98. The Morgan fingerprint density at radius 3 is 1.43 bits per heavy atom. The molecule has 3 N–H and O–H groups in total. The lowest BCUT2D eigenvalue weighted by atomic mass is 10.1. The molecule has 0 aliphatic heterocycles. The van der Waals surface area contributed by atoms with Gasteiger partial charge in [-0.3, -0.25) is 0 Å². The van der Waals surface area contributed by atoms with Crippen LogP contribution in [0, 0.1) is 0 Å². The van der Waals surface area contributed by atoms with Crippen molar-refractivity contribution < 1.29 is 29.6 Å². The van der Waals surface area contributed by atoms with Gasteiger partial charge in [0.2, 0.25) is 0 Å². The van der Waals surface area contributed by atoms with Crippen LogP contribution in [0.4, 0.5) is 0 Å². The van der Waals surface area contributed by atoms with E-state index < -0.39 is 24.1 Å². The van der Waals surface area contributed by atoms with Gasteiger partial charge in [0.05, 0.1) is 7.11 Å². The monoisotopic (exact) mass is 520 g/mol. The van der Waals surface area contributed by atoms with Crippen LogP contribution in [0.2, 0.25) is 0 Å². The largest absolute Gasteiger partial charge is 0.479 e.